The third-order valence-electron chi connectivity index (χ3n) is 8.19. The Balaban J connectivity index is 1.32. The highest BCUT2D eigenvalue weighted by Gasteiger charge is 2.63. The van der Waals surface area contributed by atoms with E-state index in [2.05, 4.69) is 15.3 Å². The number of aryl methyl sites for hydroxylation is 1. The van der Waals surface area contributed by atoms with Crippen LogP contribution in [-0.4, -0.2) is 28.0 Å². The third-order valence-corrected chi connectivity index (χ3v) is 8.19. The molecule has 1 N–H and O–H groups in total. The molecule has 6 heteroatoms. The number of amides is 1. The molecule has 156 valence electrons. The van der Waals surface area contributed by atoms with Crippen molar-refractivity contribution in [2.75, 3.05) is 6.61 Å². The van der Waals surface area contributed by atoms with Gasteiger partial charge in [0.1, 0.15) is 5.56 Å². The molecule has 5 fully saturated rings. The van der Waals surface area contributed by atoms with Gasteiger partial charge < -0.3 is 4.74 Å². The molecule has 1 heterocycles. The summed E-state index contributed by atoms with van der Waals surface area (Å²) in [5, 5.41) is 7.49. The second-order valence-electron chi connectivity index (χ2n) is 10.00. The Labute approximate surface area is 173 Å². The van der Waals surface area contributed by atoms with Gasteiger partial charge in [-0.2, -0.15) is 5.10 Å². The van der Waals surface area contributed by atoms with E-state index in [0.29, 0.717) is 35.8 Å². The van der Waals surface area contributed by atoms with Crippen molar-refractivity contribution < 1.29 is 9.53 Å². The van der Waals surface area contributed by atoms with Crippen molar-refractivity contribution in [2.45, 2.75) is 69.9 Å². The summed E-state index contributed by atoms with van der Waals surface area (Å²) in [4.78, 5) is 17.4. The molecule has 5 aliphatic carbocycles. The molecule has 1 amide bonds. The first kappa shape index (κ1) is 19.0. The van der Waals surface area contributed by atoms with Crippen molar-refractivity contribution in [3.63, 3.8) is 0 Å². The number of hydrogen-bond donors (Lipinski definition) is 1. The van der Waals surface area contributed by atoms with Gasteiger partial charge in [0.25, 0.3) is 5.91 Å². The van der Waals surface area contributed by atoms with Crippen LogP contribution in [-0.2, 0) is 7.05 Å². The fourth-order valence-corrected chi connectivity index (χ4v) is 6.87. The molecule has 29 heavy (non-hydrogen) atoms. The van der Waals surface area contributed by atoms with Crippen LogP contribution in [0.3, 0.4) is 0 Å². The van der Waals surface area contributed by atoms with E-state index < -0.39 is 5.66 Å². The van der Waals surface area contributed by atoms with Crippen LogP contribution in [0.25, 0.3) is 4.85 Å². The second-order valence-corrected chi connectivity index (χ2v) is 10.00. The first-order valence-electron chi connectivity index (χ1n) is 11.4. The molecule has 0 unspecified atom stereocenters. The predicted molar refractivity (Wildman–Crippen MR) is 109 cm³/mol. The van der Waals surface area contributed by atoms with Gasteiger partial charge in [-0.15, -0.1) is 0 Å². The maximum absolute atomic E-state index is 13.3. The molecule has 6 rings (SSSR count). The molecule has 0 aromatic carbocycles. The lowest BCUT2D eigenvalue weighted by Gasteiger charge is -2.54. The molecule has 0 radical (unpaired) electrons. The number of aromatic nitrogens is 2. The zero-order chi connectivity index (χ0) is 20.0. The molecule has 4 bridgehead atoms. The summed E-state index contributed by atoms with van der Waals surface area (Å²) in [5.74, 6) is 3.02. The summed E-state index contributed by atoms with van der Waals surface area (Å²) in [6.07, 6.45) is 13.5. The topological polar surface area (TPSA) is 60.5 Å². The van der Waals surface area contributed by atoms with Crippen LogP contribution in [0.15, 0.2) is 6.20 Å². The summed E-state index contributed by atoms with van der Waals surface area (Å²) in [6, 6.07) is 0. The molecule has 1 aromatic rings. The monoisotopic (exact) mass is 396 g/mol. The van der Waals surface area contributed by atoms with Gasteiger partial charge in [0.15, 0.2) is 0 Å². The van der Waals surface area contributed by atoms with Crippen molar-refractivity contribution in [1.29, 1.82) is 0 Å². The summed E-state index contributed by atoms with van der Waals surface area (Å²) < 4.78 is 7.76. The average Bonchev–Trinajstić information content (AvgIpc) is 3.10. The Morgan fingerprint density at radius 2 is 1.86 bits per heavy atom. The van der Waals surface area contributed by atoms with Gasteiger partial charge in [-0.1, -0.05) is 19.3 Å². The third kappa shape index (κ3) is 3.23. The summed E-state index contributed by atoms with van der Waals surface area (Å²) in [5.41, 5.74) is -0.263. The van der Waals surface area contributed by atoms with E-state index >= 15 is 0 Å². The van der Waals surface area contributed by atoms with Gasteiger partial charge in [0.2, 0.25) is 5.88 Å². The van der Waals surface area contributed by atoms with Crippen LogP contribution < -0.4 is 10.1 Å². The highest BCUT2D eigenvalue weighted by Crippen LogP contribution is 2.58. The van der Waals surface area contributed by atoms with Crippen molar-refractivity contribution in [1.82, 2.24) is 15.1 Å². The average molecular weight is 397 g/mol. The van der Waals surface area contributed by atoms with Crippen molar-refractivity contribution in [2.24, 2.45) is 36.6 Å². The Hall–Kier alpha value is -2.03. The van der Waals surface area contributed by atoms with Crippen molar-refractivity contribution in [3.8, 4) is 5.88 Å². The first-order chi connectivity index (χ1) is 14.1. The van der Waals surface area contributed by atoms with Crippen LogP contribution in [0, 0.1) is 36.2 Å². The van der Waals surface area contributed by atoms with Crippen LogP contribution in [0.5, 0.6) is 5.88 Å². The Morgan fingerprint density at radius 1 is 1.21 bits per heavy atom. The predicted octanol–water partition coefficient (Wildman–Crippen LogP) is 4.18. The lowest BCUT2D eigenvalue weighted by molar-refractivity contribution is -0.0480. The minimum atomic E-state index is -0.735. The largest absolute Gasteiger partial charge is 0.477 e. The van der Waals surface area contributed by atoms with E-state index in [1.165, 1.54) is 38.5 Å². The zero-order valence-corrected chi connectivity index (χ0v) is 17.4. The Kier molecular flexibility index (Phi) is 4.80. The molecule has 1 aromatic heterocycles. The van der Waals surface area contributed by atoms with Gasteiger partial charge in [0.05, 0.1) is 24.6 Å². The summed E-state index contributed by atoms with van der Waals surface area (Å²) in [7, 11) is 1.82. The van der Waals surface area contributed by atoms with E-state index in [0.717, 1.165) is 37.5 Å². The fraction of sp³-hybridized carbons (Fsp3) is 0.783. The smallest absolute Gasteiger partial charge is 0.313 e. The minimum Gasteiger partial charge on any atom is -0.477 e. The number of hydrogen-bond acceptors (Lipinski definition) is 3. The van der Waals surface area contributed by atoms with Crippen LogP contribution in [0.1, 0.15) is 74.6 Å². The molecule has 6 nitrogen and oxygen atoms in total. The number of nitrogens with zero attached hydrogens (tertiary/aromatic N) is 3. The zero-order valence-electron chi connectivity index (χ0n) is 17.4. The van der Waals surface area contributed by atoms with Crippen LogP contribution in [0.2, 0.25) is 0 Å². The van der Waals surface area contributed by atoms with E-state index in [-0.39, 0.29) is 5.91 Å². The van der Waals surface area contributed by atoms with Gasteiger partial charge in [-0.3, -0.25) is 15.0 Å². The van der Waals surface area contributed by atoms with E-state index in [4.69, 9.17) is 11.3 Å². The lowest BCUT2D eigenvalue weighted by atomic mass is 9.51. The number of carbonyl (C=O) groups excluding carboxylic acids is 1. The number of ether oxygens (including phenoxy) is 1. The SMILES string of the molecule is [C-]#[N+]C1(NC(=O)c2cnn(C)c2OCC2CCCCC2)C2CC3CC(C2)CC1C3. The number of nitrogens with one attached hydrogen (secondary N) is 1. The summed E-state index contributed by atoms with van der Waals surface area (Å²) in [6.45, 7) is 8.65. The first-order valence-corrected chi connectivity index (χ1v) is 11.4. The number of rotatable bonds is 5. The lowest BCUT2D eigenvalue weighted by Crippen LogP contribution is -2.64. The fourth-order valence-electron chi connectivity index (χ4n) is 6.87. The summed E-state index contributed by atoms with van der Waals surface area (Å²) >= 11 is 0. The highest BCUT2D eigenvalue weighted by molar-refractivity contribution is 5.97. The molecule has 0 saturated heterocycles. The van der Waals surface area contributed by atoms with E-state index in [1.54, 1.807) is 10.9 Å². The van der Waals surface area contributed by atoms with Gasteiger partial charge in [-0.05, 0) is 62.7 Å². The normalized spacial score (nSPS) is 36.0. The molecule has 0 aliphatic heterocycles. The van der Waals surface area contributed by atoms with Crippen LogP contribution >= 0.6 is 0 Å². The van der Waals surface area contributed by atoms with Gasteiger partial charge in [0, 0.05) is 7.05 Å². The Bertz CT molecular complexity index is 789. The van der Waals surface area contributed by atoms with Crippen molar-refractivity contribution >= 4 is 5.91 Å². The van der Waals surface area contributed by atoms with Crippen molar-refractivity contribution in [3.05, 3.63) is 23.2 Å². The van der Waals surface area contributed by atoms with E-state index in [1.807, 2.05) is 7.05 Å². The maximum Gasteiger partial charge on any atom is 0.313 e. The second kappa shape index (κ2) is 7.34. The molecular formula is C23H32N4O2. The van der Waals surface area contributed by atoms with Crippen LogP contribution in [0.4, 0.5) is 0 Å². The standard InChI is InChI=1S/C23H32N4O2/c1-24-23(18-9-16-8-17(11-18)12-19(23)10-16)26-21(28)20-13-25-27(2)22(20)29-14-15-6-4-3-5-7-15/h13,15-19H,3-12,14H2,2H3,(H,26,28). The molecule has 5 aliphatic rings. The molecule has 0 spiro atoms. The molecule has 5 saturated carbocycles. The molecule has 0 atom stereocenters. The quantitative estimate of drug-likeness (QED) is 0.760. The van der Waals surface area contributed by atoms with E-state index in [9.17, 15) is 4.79 Å². The van der Waals surface area contributed by atoms with Gasteiger partial charge >= 0.3 is 5.66 Å². The number of carbonyl (C=O) groups is 1. The maximum atomic E-state index is 13.3. The highest BCUT2D eigenvalue weighted by atomic mass is 16.5. The minimum absolute atomic E-state index is 0.194. The molecular weight excluding hydrogens is 364 g/mol. The Morgan fingerprint density at radius 3 is 2.48 bits per heavy atom. The van der Waals surface area contributed by atoms with Gasteiger partial charge in [-0.25, -0.2) is 11.3 Å².